The smallest absolute Gasteiger partial charge is 0.323 e. The van der Waals surface area contributed by atoms with E-state index in [1.54, 1.807) is 6.92 Å². The number of esters is 1. The Labute approximate surface area is 112 Å². The van der Waals surface area contributed by atoms with Gasteiger partial charge in [0.2, 0.25) is 5.91 Å². The van der Waals surface area contributed by atoms with Crippen LogP contribution in [0.15, 0.2) is 0 Å². The number of nitrogens with one attached hydrogen (secondary N) is 2. The minimum atomic E-state index is -1.15. The number of carbonyl (C=O) groups is 3. The number of ether oxygens (including phenoxy) is 1. The normalized spacial score (nSPS) is 10.9. The van der Waals surface area contributed by atoms with Gasteiger partial charge in [-0.1, -0.05) is 0 Å². The van der Waals surface area contributed by atoms with Crippen molar-refractivity contribution in [3.8, 4) is 0 Å². The average Bonchev–Trinajstić information content (AvgIpc) is 2.32. The summed E-state index contributed by atoms with van der Waals surface area (Å²) >= 11 is 0. The van der Waals surface area contributed by atoms with Gasteiger partial charge in [-0.3, -0.25) is 19.7 Å². The summed E-state index contributed by atoms with van der Waals surface area (Å²) in [4.78, 5) is 33.2. The summed E-state index contributed by atoms with van der Waals surface area (Å²) in [5.41, 5.74) is -1.15. The first-order chi connectivity index (χ1) is 8.79. The van der Waals surface area contributed by atoms with Crippen molar-refractivity contribution in [1.29, 1.82) is 0 Å². The number of carboxylic acids is 1. The molecule has 1 amide bonds. The van der Waals surface area contributed by atoms with E-state index in [9.17, 15) is 14.4 Å². The zero-order chi connectivity index (χ0) is 14.9. The van der Waals surface area contributed by atoms with Gasteiger partial charge in [0.25, 0.3) is 0 Å². The Morgan fingerprint density at radius 2 is 1.89 bits per heavy atom. The molecule has 110 valence electrons. The van der Waals surface area contributed by atoms with E-state index in [4.69, 9.17) is 9.84 Å². The molecule has 0 atom stereocenters. The highest BCUT2D eigenvalue weighted by Gasteiger charge is 2.26. The zero-order valence-corrected chi connectivity index (χ0v) is 11.6. The van der Waals surface area contributed by atoms with E-state index in [0.717, 1.165) is 0 Å². The fourth-order valence-electron chi connectivity index (χ4n) is 1.13. The Morgan fingerprint density at radius 3 is 2.42 bits per heavy atom. The average molecular weight is 274 g/mol. The van der Waals surface area contributed by atoms with Crippen molar-refractivity contribution in [3.05, 3.63) is 0 Å². The molecule has 0 aliphatic rings. The van der Waals surface area contributed by atoms with Crippen LogP contribution >= 0.6 is 0 Å². The first-order valence-corrected chi connectivity index (χ1v) is 6.20. The molecule has 0 bridgehead atoms. The van der Waals surface area contributed by atoms with Gasteiger partial charge in [-0.05, 0) is 27.2 Å². The van der Waals surface area contributed by atoms with Gasteiger partial charge >= 0.3 is 11.9 Å². The molecule has 3 N–H and O–H groups in total. The fourth-order valence-corrected chi connectivity index (χ4v) is 1.13. The lowest BCUT2D eigenvalue weighted by atomic mass is 10.1. The van der Waals surface area contributed by atoms with Crippen LogP contribution in [0.4, 0.5) is 0 Å². The van der Waals surface area contributed by atoms with Gasteiger partial charge in [0.1, 0.15) is 5.54 Å². The molecule has 0 spiro atoms. The summed E-state index contributed by atoms with van der Waals surface area (Å²) < 4.78 is 4.74. The van der Waals surface area contributed by atoms with Gasteiger partial charge in [0.05, 0.1) is 13.2 Å². The van der Waals surface area contributed by atoms with Gasteiger partial charge in [-0.15, -0.1) is 0 Å². The second kappa shape index (κ2) is 8.47. The highest BCUT2D eigenvalue weighted by Crippen LogP contribution is 2.00. The molecule has 0 rings (SSSR count). The van der Waals surface area contributed by atoms with Gasteiger partial charge in [0, 0.05) is 13.0 Å². The van der Waals surface area contributed by atoms with E-state index >= 15 is 0 Å². The molecule has 0 aromatic rings. The summed E-state index contributed by atoms with van der Waals surface area (Å²) in [5.74, 6) is -1.62. The van der Waals surface area contributed by atoms with Gasteiger partial charge < -0.3 is 15.2 Å². The molecular formula is C12H22N2O5. The number of rotatable bonds is 9. The van der Waals surface area contributed by atoms with E-state index in [2.05, 4.69) is 10.6 Å². The molecule has 0 saturated carbocycles. The van der Waals surface area contributed by atoms with Gasteiger partial charge in [0.15, 0.2) is 0 Å². The van der Waals surface area contributed by atoms with E-state index < -0.39 is 11.5 Å². The van der Waals surface area contributed by atoms with Crippen LogP contribution in [-0.2, 0) is 19.1 Å². The maximum Gasteiger partial charge on any atom is 0.323 e. The summed E-state index contributed by atoms with van der Waals surface area (Å²) in [7, 11) is 0. The number of aliphatic carboxylic acids is 1. The van der Waals surface area contributed by atoms with Crippen LogP contribution in [0.25, 0.3) is 0 Å². The number of amides is 1. The number of hydrogen-bond donors (Lipinski definition) is 3. The van der Waals surface area contributed by atoms with Crippen LogP contribution in [0, 0.1) is 0 Å². The summed E-state index contributed by atoms with van der Waals surface area (Å²) in [6.45, 7) is 5.30. The molecule has 0 unspecified atom stereocenters. The Kier molecular flexibility index (Phi) is 7.74. The molecule has 7 heteroatoms. The molecule has 0 aliphatic heterocycles. The standard InChI is InChI=1S/C12H22N2O5/c1-4-19-10(16)6-5-7-13-9(15)8-14-12(2,3)11(17)18/h14H,4-8H2,1-3H3,(H,13,15)(H,17,18). The maximum atomic E-state index is 11.4. The van der Waals surface area contributed by atoms with E-state index in [0.29, 0.717) is 19.6 Å². The van der Waals surface area contributed by atoms with Crippen LogP contribution in [0.1, 0.15) is 33.6 Å². The van der Waals surface area contributed by atoms with Crippen molar-refractivity contribution in [1.82, 2.24) is 10.6 Å². The Hall–Kier alpha value is -1.63. The maximum absolute atomic E-state index is 11.4. The Bertz CT molecular complexity index is 328. The van der Waals surface area contributed by atoms with Crippen LogP contribution < -0.4 is 10.6 Å². The third kappa shape index (κ3) is 8.15. The van der Waals surface area contributed by atoms with Gasteiger partial charge in [-0.2, -0.15) is 0 Å². The van der Waals surface area contributed by atoms with E-state index in [-0.39, 0.29) is 24.8 Å². The summed E-state index contributed by atoms with van der Waals surface area (Å²) in [5, 5.41) is 14.0. The summed E-state index contributed by atoms with van der Waals surface area (Å²) in [6, 6.07) is 0. The quantitative estimate of drug-likeness (QED) is 0.400. The predicted octanol–water partition coefficient (Wildman–Crippen LogP) is -0.101. The highest BCUT2D eigenvalue weighted by molar-refractivity contribution is 5.81. The lowest BCUT2D eigenvalue weighted by Gasteiger charge is -2.20. The molecule has 0 fully saturated rings. The molecule has 7 nitrogen and oxygen atoms in total. The molecule has 0 saturated heterocycles. The Balaban J connectivity index is 3.71. The molecule has 0 radical (unpaired) electrons. The van der Waals surface area contributed by atoms with E-state index in [1.807, 2.05) is 0 Å². The lowest BCUT2D eigenvalue weighted by molar-refractivity contribution is -0.144. The van der Waals surface area contributed by atoms with Crippen molar-refractivity contribution < 1.29 is 24.2 Å². The monoisotopic (exact) mass is 274 g/mol. The fraction of sp³-hybridized carbons (Fsp3) is 0.750. The van der Waals surface area contributed by atoms with Crippen molar-refractivity contribution in [2.75, 3.05) is 19.7 Å². The minimum absolute atomic E-state index is 0.0846. The zero-order valence-electron chi connectivity index (χ0n) is 11.6. The van der Waals surface area contributed by atoms with Crippen molar-refractivity contribution in [2.45, 2.75) is 39.2 Å². The first-order valence-electron chi connectivity index (χ1n) is 6.20. The predicted molar refractivity (Wildman–Crippen MR) is 68.6 cm³/mol. The molecule has 0 aromatic carbocycles. The van der Waals surface area contributed by atoms with Crippen LogP contribution in [-0.4, -0.2) is 48.2 Å². The Morgan fingerprint density at radius 1 is 1.26 bits per heavy atom. The van der Waals surface area contributed by atoms with Crippen LogP contribution in [0.3, 0.4) is 0 Å². The second-order valence-corrected chi connectivity index (χ2v) is 4.54. The van der Waals surface area contributed by atoms with Crippen molar-refractivity contribution in [3.63, 3.8) is 0 Å². The molecular weight excluding hydrogens is 252 g/mol. The van der Waals surface area contributed by atoms with Crippen LogP contribution in [0.2, 0.25) is 0 Å². The SMILES string of the molecule is CCOC(=O)CCCNC(=O)CNC(C)(C)C(=O)O. The largest absolute Gasteiger partial charge is 0.480 e. The first kappa shape index (κ1) is 17.4. The molecule has 0 heterocycles. The number of hydrogen-bond acceptors (Lipinski definition) is 5. The molecule has 19 heavy (non-hydrogen) atoms. The van der Waals surface area contributed by atoms with Crippen molar-refractivity contribution in [2.24, 2.45) is 0 Å². The third-order valence-corrected chi connectivity index (χ3v) is 2.41. The van der Waals surface area contributed by atoms with Gasteiger partial charge in [-0.25, -0.2) is 0 Å². The highest BCUT2D eigenvalue weighted by atomic mass is 16.5. The van der Waals surface area contributed by atoms with Crippen LogP contribution in [0.5, 0.6) is 0 Å². The topological polar surface area (TPSA) is 105 Å². The van der Waals surface area contributed by atoms with Crippen molar-refractivity contribution >= 4 is 17.8 Å². The number of carbonyl (C=O) groups excluding carboxylic acids is 2. The molecule has 0 aromatic heterocycles. The minimum Gasteiger partial charge on any atom is -0.480 e. The second-order valence-electron chi connectivity index (χ2n) is 4.54. The van der Waals surface area contributed by atoms with E-state index in [1.165, 1.54) is 13.8 Å². The molecule has 0 aliphatic carbocycles. The third-order valence-electron chi connectivity index (χ3n) is 2.41. The number of carboxylic acid groups (broad SMARTS) is 1. The summed E-state index contributed by atoms with van der Waals surface area (Å²) in [6.07, 6.45) is 0.745. The lowest BCUT2D eigenvalue weighted by Crippen LogP contribution is -2.50.